The second kappa shape index (κ2) is 6.49. The van der Waals surface area contributed by atoms with Gasteiger partial charge in [0.15, 0.2) is 0 Å². The van der Waals surface area contributed by atoms with Gasteiger partial charge in [0, 0.05) is 10.7 Å². The molecule has 0 saturated carbocycles. The van der Waals surface area contributed by atoms with E-state index < -0.39 is 6.10 Å². The number of aryl methyl sites for hydroxylation is 2. The number of carbonyl (C=O) groups is 1. The summed E-state index contributed by atoms with van der Waals surface area (Å²) >= 11 is 5.98. The average Bonchev–Trinajstić information content (AvgIpc) is 2.93. The third-order valence-corrected chi connectivity index (χ3v) is 3.89. The molecule has 0 aliphatic heterocycles. The molecule has 24 heavy (non-hydrogen) atoms. The maximum Gasteiger partial charge on any atom is 0.267 e. The normalized spacial score (nSPS) is 12.2. The van der Waals surface area contributed by atoms with E-state index in [-0.39, 0.29) is 5.91 Å². The molecule has 1 amide bonds. The topological polar surface area (TPSA) is 69.0 Å². The lowest BCUT2D eigenvalue weighted by Gasteiger charge is -2.15. The lowest BCUT2D eigenvalue weighted by Crippen LogP contribution is -2.35. The van der Waals surface area contributed by atoms with Crippen LogP contribution in [0.15, 0.2) is 36.4 Å². The molecule has 0 saturated heterocycles. The van der Waals surface area contributed by atoms with E-state index in [1.165, 1.54) is 4.85 Å². The molecule has 0 fully saturated rings. The van der Waals surface area contributed by atoms with E-state index in [0.717, 1.165) is 16.8 Å². The summed E-state index contributed by atoms with van der Waals surface area (Å²) in [4.78, 5) is 19.2. The first-order valence-corrected chi connectivity index (χ1v) is 7.88. The molecule has 1 N–H and O–H groups in total. The zero-order valence-electron chi connectivity index (χ0n) is 13.6. The summed E-state index contributed by atoms with van der Waals surface area (Å²) in [7, 11) is 0. The van der Waals surface area contributed by atoms with Crippen LogP contribution in [-0.4, -0.2) is 27.2 Å². The number of aromatic nitrogens is 3. The molecule has 1 heterocycles. The Morgan fingerprint density at radius 1 is 1.25 bits per heavy atom. The Balaban J connectivity index is 1.76. The summed E-state index contributed by atoms with van der Waals surface area (Å²) in [5.41, 5.74) is 4.07. The molecule has 1 aromatic heterocycles. The van der Waals surface area contributed by atoms with Gasteiger partial charge in [0.05, 0.1) is 0 Å². The second-order valence-corrected chi connectivity index (χ2v) is 6.09. The number of hydrogen-bond donors (Lipinski definition) is 1. The van der Waals surface area contributed by atoms with Crippen LogP contribution in [0.25, 0.3) is 11.0 Å². The smallest absolute Gasteiger partial charge is 0.267 e. The SMILES string of the molecule is Cc1ccc(C)c(NC(=O)C(C)On2nnc3ccc(Cl)cc32)c1. The highest BCUT2D eigenvalue weighted by atomic mass is 35.5. The fraction of sp³-hybridized carbons (Fsp3) is 0.235. The molecular weight excluding hydrogens is 328 g/mol. The number of amides is 1. The average molecular weight is 345 g/mol. The van der Waals surface area contributed by atoms with Gasteiger partial charge in [0.25, 0.3) is 5.91 Å². The molecule has 1 unspecified atom stereocenters. The fourth-order valence-electron chi connectivity index (χ4n) is 2.25. The maximum atomic E-state index is 12.4. The first-order valence-electron chi connectivity index (χ1n) is 7.50. The lowest BCUT2D eigenvalue weighted by molar-refractivity contribution is -0.127. The molecule has 0 bridgehead atoms. The van der Waals surface area contributed by atoms with Gasteiger partial charge in [-0.2, -0.15) is 0 Å². The predicted molar refractivity (Wildman–Crippen MR) is 93.1 cm³/mol. The van der Waals surface area contributed by atoms with Crippen molar-refractivity contribution in [1.82, 2.24) is 15.2 Å². The molecular formula is C17H17ClN4O2. The van der Waals surface area contributed by atoms with E-state index in [0.29, 0.717) is 16.1 Å². The molecule has 0 aliphatic rings. The van der Waals surface area contributed by atoms with Crippen molar-refractivity contribution < 1.29 is 9.63 Å². The van der Waals surface area contributed by atoms with Crippen molar-refractivity contribution in [3.8, 4) is 0 Å². The molecule has 3 aromatic rings. The van der Waals surface area contributed by atoms with Crippen LogP contribution in [-0.2, 0) is 4.79 Å². The second-order valence-electron chi connectivity index (χ2n) is 5.65. The molecule has 7 heteroatoms. The number of hydrogen-bond acceptors (Lipinski definition) is 4. The Morgan fingerprint density at radius 3 is 2.83 bits per heavy atom. The van der Waals surface area contributed by atoms with Gasteiger partial charge in [-0.15, -0.1) is 5.10 Å². The van der Waals surface area contributed by atoms with Crippen LogP contribution in [0.2, 0.25) is 5.02 Å². The van der Waals surface area contributed by atoms with E-state index in [2.05, 4.69) is 15.6 Å². The van der Waals surface area contributed by atoms with Gasteiger partial charge < -0.3 is 10.2 Å². The van der Waals surface area contributed by atoms with Crippen LogP contribution in [0, 0.1) is 13.8 Å². The van der Waals surface area contributed by atoms with E-state index >= 15 is 0 Å². The van der Waals surface area contributed by atoms with Crippen LogP contribution in [0.5, 0.6) is 0 Å². The molecule has 0 spiro atoms. The molecule has 1 atom stereocenters. The molecule has 0 radical (unpaired) electrons. The van der Waals surface area contributed by atoms with Crippen molar-refractivity contribution in [2.24, 2.45) is 0 Å². The number of carbonyl (C=O) groups excluding carboxylic acids is 1. The number of nitrogens with one attached hydrogen (secondary N) is 1. The van der Waals surface area contributed by atoms with Crippen LogP contribution in [0.4, 0.5) is 5.69 Å². The zero-order valence-corrected chi connectivity index (χ0v) is 14.3. The lowest BCUT2D eigenvalue weighted by atomic mass is 10.1. The Kier molecular flexibility index (Phi) is 4.40. The van der Waals surface area contributed by atoms with Gasteiger partial charge in [-0.3, -0.25) is 4.79 Å². The van der Waals surface area contributed by atoms with E-state index in [9.17, 15) is 4.79 Å². The maximum absolute atomic E-state index is 12.4. The highest BCUT2D eigenvalue weighted by Gasteiger charge is 2.18. The molecule has 0 aliphatic carbocycles. The van der Waals surface area contributed by atoms with Gasteiger partial charge in [0.2, 0.25) is 6.10 Å². The van der Waals surface area contributed by atoms with Crippen LogP contribution < -0.4 is 10.2 Å². The standard InChI is InChI=1S/C17H17ClN4O2/c1-10-4-5-11(2)15(8-10)19-17(23)12(3)24-22-16-9-13(18)6-7-14(16)20-21-22/h4-9,12H,1-3H3,(H,19,23). The predicted octanol–water partition coefficient (Wildman–Crippen LogP) is 3.16. The Bertz CT molecular complexity index is 907. The van der Waals surface area contributed by atoms with Gasteiger partial charge in [-0.25, -0.2) is 0 Å². The van der Waals surface area contributed by atoms with E-state index in [1.807, 2.05) is 32.0 Å². The summed E-state index contributed by atoms with van der Waals surface area (Å²) in [6, 6.07) is 11.0. The fourth-order valence-corrected chi connectivity index (χ4v) is 2.42. The minimum atomic E-state index is -0.756. The minimum Gasteiger partial charge on any atom is -0.382 e. The summed E-state index contributed by atoms with van der Waals surface area (Å²) in [6.45, 7) is 5.56. The summed E-state index contributed by atoms with van der Waals surface area (Å²) in [5, 5.41) is 11.3. The first kappa shape index (κ1) is 16.3. The van der Waals surface area contributed by atoms with Crippen LogP contribution in [0.3, 0.4) is 0 Å². The zero-order chi connectivity index (χ0) is 17.3. The Morgan fingerprint density at radius 2 is 2.04 bits per heavy atom. The van der Waals surface area contributed by atoms with Gasteiger partial charge in [-0.05, 0) is 61.4 Å². The van der Waals surface area contributed by atoms with Crippen molar-refractivity contribution in [3.05, 3.63) is 52.5 Å². The monoisotopic (exact) mass is 344 g/mol. The van der Waals surface area contributed by atoms with Crippen LogP contribution in [0.1, 0.15) is 18.1 Å². The third-order valence-electron chi connectivity index (χ3n) is 3.66. The van der Waals surface area contributed by atoms with Crippen molar-refractivity contribution in [1.29, 1.82) is 0 Å². The Hall–Kier alpha value is -2.60. The molecule has 6 nitrogen and oxygen atoms in total. The summed E-state index contributed by atoms with van der Waals surface area (Å²) in [5.74, 6) is -0.269. The van der Waals surface area contributed by atoms with E-state index in [4.69, 9.17) is 16.4 Å². The van der Waals surface area contributed by atoms with Crippen molar-refractivity contribution in [2.75, 3.05) is 5.32 Å². The summed E-state index contributed by atoms with van der Waals surface area (Å²) < 4.78 is 0. The highest BCUT2D eigenvalue weighted by Crippen LogP contribution is 2.18. The van der Waals surface area contributed by atoms with E-state index in [1.54, 1.807) is 25.1 Å². The van der Waals surface area contributed by atoms with Crippen molar-refractivity contribution in [3.63, 3.8) is 0 Å². The molecule has 124 valence electrons. The molecule has 2 aromatic carbocycles. The molecule has 3 rings (SSSR count). The number of anilines is 1. The van der Waals surface area contributed by atoms with Gasteiger partial charge >= 0.3 is 0 Å². The number of fused-ring (bicyclic) bond motifs is 1. The largest absolute Gasteiger partial charge is 0.382 e. The third kappa shape index (κ3) is 3.33. The summed E-state index contributed by atoms with van der Waals surface area (Å²) in [6.07, 6.45) is -0.756. The Labute approximate surface area is 144 Å². The first-order chi connectivity index (χ1) is 11.4. The van der Waals surface area contributed by atoms with Gasteiger partial charge in [-0.1, -0.05) is 28.6 Å². The number of nitrogens with zero attached hydrogens (tertiary/aromatic N) is 3. The van der Waals surface area contributed by atoms with Crippen molar-refractivity contribution in [2.45, 2.75) is 26.9 Å². The minimum absolute atomic E-state index is 0.269. The quantitative estimate of drug-likeness (QED) is 0.789. The number of rotatable bonds is 4. The van der Waals surface area contributed by atoms with Crippen molar-refractivity contribution >= 4 is 34.2 Å². The number of benzene rings is 2. The highest BCUT2D eigenvalue weighted by molar-refractivity contribution is 6.31. The number of halogens is 1. The van der Waals surface area contributed by atoms with Crippen LogP contribution >= 0.6 is 11.6 Å². The van der Waals surface area contributed by atoms with Gasteiger partial charge in [0.1, 0.15) is 11.0 Å².